The summed E-state index contributed by atoms with van der Waals surface area (Å²) in [5.74, 6) is 0. The zero-order valence-corrected chi connectivity index (χ0v) is 13.6. The van der Waals surface area contributed by atoms with Crippen molar-refractivity contribution >= 4 is 15.9 Å². The molecule has 0 aromatic rings. The van der Waals surface area contributed by atoms with Crippen molar-refractivity contribution in [3.63, 3.8) is 0 Å². The van der Waals surface area contributed by atoms with E-state index in [-0.39, 0.29) is 6.10 Å². The summed E-state index contributed by atoms with van der Waals surface area (Å²) in [7, 11) is 2.17. The van der Waals surface area contributed by atoms with Crippen LogP contribution in [0.4, 0.5) is 0 Å². The van der Waals surface area contributed by atoms with Gasteiger partial charge in [0.15, 0.2) is 0 Å². The summed E-state index contributed by atoms with van der Waals surface area (Å²) in [5.41, 5.74) is 0.414. The Hall–Kier alpha value is 0.400. The number of aliphatic hydroxyl groups is 1. The van der Waals surface area contributed by atoms with Gasteiger partial charge < -0.3 is 10.0 Å². The predicted octanol–water partition coefficient (Wildman–Crippen LogP) is 3.67. The number of alkyl halides is 1. The molecule has 0 rings (SSSR count). The molecule has 0 bridgehead atoms. The van der Waals surface area contributed by atoms with Gasteiger partial charge in [-0.05, 0) is 38.6 Å². The van der Waals surface area contributed by atoms with E-state index in [1.54, 1.807) is 0 Å². The minimum atomic E-state index is -0.187. The van der Waals surface area contributed by atoms with Crippen LogP contribution in [-0.2, 0) is 0 Å². The van der Waals surface area contributed by atoms with Gasteiger partial charge in [-0.2, -0.15) is 0 Å². The summed E-state index contributed by atoms with van der Waals surface area (Å²) >= 11 is 3.71. The van der Waals surface area contributed by atoms with Crippen molar-refractivity contribution in [2.45, 2.75) is 59.0 Å². The normalized spacial score (nSPS) is 14.3. The number of halogens is 1. The Bertz CT molecular complexity index is 179. The van der Waals surface area contributed by atoms with E-state index in [1.807, 2.05) is 6.92 Å². The van der Waals surface area contributed by atoms with Crippen LogP contribution in [0.15, 0.2) is 0 Å². The van der Waals surface area contributed by atoms with Gasteiger partial charge in [-0.25, -0.2) is 0 Å². The highest BCUT2D eigenvalue weighted by Gasteiger charge is 2.28. The molecular weight excluding hydrogens is 278 g/mol. The molecule has 1 N–H and O–H groups in total. The fourth-order valence-electron chi connectivity index (χ4n) is 2.58. The first-order chi connectivity index (χ1) is 7.99. The van der Waals surface area contributed by atoms with Crippen LogP contribution in [0.25, 0.3) is 0 Å². The van der Waals surface area contributed by atoms with Crippen LogP contribution in [0.2, 0.25) is 0 Å². The van der Waals surface area contributed by atoms with E-state index in [0.29, 0.717) is 5.41 Å². The predicted molar refractivity (Wildman–Crippen MR) is 79.8 cm³/mol. The van der Waals surface area contributed by atoms with E-state index in [4.69, 9.17) is 0 Å². The van der Waals surface area contributed by atoms with Gasteiger partial charge in [-0.15, -0.1) is 0 Å². The molecule has 104 valence electrons. The van der Waals surface area contributed by atoms with E-state index in [2.05, 4.69) is 41.7 Å². The molecule has 1 atom stereocenters. The van der Waals surface area contributed by atoms with Gasteiger partial charge >= 0.3 is 0 Å². The molecule has 0 aliphatic heterocycles. The third kappa shape index (κ3) is 7.43. The average molecular weight is 308 g/mol. The zero-order valence-electron chi connectivity index (χ0n) is 12.0. The molecule has 2 nitrogen and oxygen atoms in total. The van der Waals surface area contributed by atoms with E-state index < -0.39 is 0 Å². The summed E-state index contributed by atoms with van der Waals surface area (Å²) in [6.07, 6.45) is 5.74. The van der Waals surface area contributed by atoms with Gasteiger partial charge in [-0.1, -0.05) is 42.6 Å². The second-order valence-electron chi connectivity index (χ2n) is 5.51. The lowest BCUT2D eigenvalue weighted by Gasteiger charge is -2.36. The highest BCUT2D eigenvalue weighted by Crippen LogP contribution is 2.32. The molecule has 0 heterocycles. The van der Waals surface area contributed by atoms with Crippen molar-refractivity contribution in [2.75, 3.05) is 25.5 Å². The van der Waals surface area contributed by atoms with Crippen LogP contribution in [0.3, 0.4) is 0 Å². The monoisotopic (exact) mass is 307 g/mol. The number of rotatable bonds is 10. The Labute approximate surface area is 116 Å². The molecule has 0 amide bonds. The molecule has 0 radical (unpaired) electrons. The van der Waals surface area contributed by atoms with Crippen LogP contribution in [0.5, 0.6) is 0 Å². The van der Waals surface area contributed by atoms with Crippen molar-refractivity contribution < 1.29 is 5.11 Å². The highest BCUT2D eigenvalue weighted by molar-refractivity contribution is 9.09. The molecule has 0 aromatic carbocycles. The van der Waals surface area contributed by atoms with E-state index >= 15 is 0 Å². The Morgan fingerprint density at radius 1 is 1.24 bits per heavy atom. The van der Waals surface area contributed by atoms with Crippen molar-refractivity contribution in [1.82, 2.24) is 4.90 Å². The average Bonchev–Trinajstić information content (AvgIpc) is 2.27. The number of nitrogens with zero attached hydrogens (tertiary/aromatic N) is 1. The van der Waals surface area contributed by atoms with Crippen LogP contribution < -0.4 is 0 Å². The van der Waals surface area contributed by atoms with Gasteiger partial charge in [0.1, 0.15) is 0 Å². The first-order valence-electron chi connectivity index (χ1n) is 6.92. The van der Waals surface area contributed by atoms with Gasteiger partial charge in [0.05, 0.1) is 6.10 Å². The van der Waals surface area contributed by atoms with E-state index in [1.165, 1.54) is 25.7 Å². The molecule has 0 aliphatic carbocycles. The quantitative estimate of drug-likeness (QED) is 0.622. The summed E-state index contributed by atoms with van der Waals surface area (Å²) in [6, 6.07) is 0. The van der Waals surface area contributed by atoms with Crippen molar-refractivity contribution in [3.05, 3.63) is 0 Å². The first kappa shape index (κ1) is 17.4. The van der Waals surface area contributed by atoms with Crippen molar-refractivity contribution in [1.29, 1.82) is 0 Å². The number of aliphatic hydroxyl groups excluding tert-OH is 1. The summed E-state index contributed by atoms with van der Waals surface area (Å²) in [6.45, 7) is 8.52. The van der Waals surface area contributed by atoms with E-state index in [9.17, 15) is 5.11 Å². The largest absolute Gasteiger partial charge is 0.393 e. The van der Waals surface area contributed by atoms with Gasteiger partial charge in [0, 0.05) is 18.4 Å². The number of hydrogen-bond acceptors (Lipinski definition) is 2. The minimum absolute atomic E-state index is 0.187. The summed E-state index contributed by atoms with van der Waals surface area (Å²) in [4.78, 5) is 2.37. The lowest BCUT2D eigenvalue weighted by atomic mass is 9.81. The van der Waals surface area contributed by atoms with Gasteiger partial charge in [-0.3, -0.25) is 0 Å². The Morgan fingerprint density at radius 2 is 1.76 bits per heavy atom. The lowest BCUT2D eigenvalue weighted by Crippen LogP contribution is -2.38. The fraction of sp³-hybridized carbons (Fsp3) is 1.00. The maximum absolute atomic E-state index is 9.33. The second-order valence-corrected chi connectivity index (χ2v) is 6.07. The van der Waals surface area contributed by atoms with Crippen LogP contribution in [-0.4, -0.2) is 41.6 Å². The second kappa shape index (κ2) is 9.35. The lowest BCUT2D eigenvalue weighted by molar-refractivity contribution is 0.133. The third-order valence-corrected chi connectivity index (χ3v) is 4.57. The smallest absolute Gasteiger partial charge is 0.0524 e. The van der Waals surface area contributed by atoms with Gasteiger partial charge in [0.2, 0.25) is 0 Å². The summed E-state index contributed by atoms with van der Waals surface area (Å²) < 4.78 is 0. The molecule has 17 heavy (non-hydrogen) atoms. The molecule has 1 unspecified atom stereocenters. The van der Waals surface area contributed by atoms with E-state index in [0.717, 1.165) is 24.8 Å². The fourth-order valence-corrected chi connectivity index (χ4v) is 3.32. The third-order valence-electron chi connectivity index (χ3n) is 3.38. The SMILES string of the molecule is CCCC(CBr)(CCC)CN(C)CCC(C)O. The molecule has 0 aromatic heterocycles. The van der Waals surface area contributed by atoms with Gasteiger partial charge in [0.25, 0.3) is 0 Å². The molecule has 0 fully saturated rings. The Kier molecular flexibility index (Phi) is 9.57. The molecule has 0 spiro atoms. The molecule has 0 saturated heterocycles. The topological polar surface area (TPSA) is 23.5 Å². The molecule has 0 saturated carbocycles. The maximum atomic E-state index is 9.33. The summed E-state index contributed by atoms with van der Waals surface area (Å²) in [5, 5.41) is 10.4. The molecule has 3 heteroatoms. The Balaban J connectivity index is 4.29. The van der Waals surface area contributed by atoms with Crippen LogP contribution >= 0.6 is 15.9 Å². The standard InChI is InChI=1S/C14H30BrNO/c1-5-8-14(11-15,9-6-2)12-16(4)10-7-13(3)17/h13,17H,5-12H2,1-4H3. The number of hydrogen-bond donors (Lipinski definition) is 1. The zero-order chi connectivity index (χ0) is 13.3. The van der Waals surface area contributed by atoms with Crippen LogP contribution in [0.1, 0.15) is 52.9 Å². The highest BCUT2D eigenvalue weighted by atomic mass is 79.9. The first-order valence-corrected chi connectivity index (χ1v) is 8.04. The molecular formula is C14H30BrNO. The minimum Gasteiger partial charge on any atom is -0.393 e. The molecule has 0 aliphatic rings. The Morgan fingerprint density at radius 3 is 2.12 bits per heavy atom. The van der Waals surface area contributed by atoms with Crippen LogP contribution in [0, 0.1) is 5.41 Å². The van der Waals surface area contributed by atoms with Crippen molar-refractivity contribution in [3.8, 4) is 0 Å². The maximum Gasteiger partial charge on any atom is 0.0524 e. The van der Waals surface area contributed by atoms with Crippen molar-refractivity contribution in [2.24, 2.45) is 5.41 Å².